The van der Waals surface area contributed by atoms with Gasteiger partial charge in [-0.15, -0.1) is 0 Å². The highest BCUT2D eigenvalue weighted by Gasteiger charge is 2.08. The standard InChI is InChI=1S/C20H22Cl2N2O2/c1-2-3-5-10-18(15-8-6-4-7-9-15)23-24-20(25)14-26-19-12-11-16(21)13-17(19)22/h4,6-9,11-13H,2-3,5,10,14H2,1H3,(H,24,25)/b23-18-. The van der Waals surface area contributed by atoms with Crippen LogP contribution in [0.1, 0.15) is 38.2 Å². The van der Waals surface area contributed by atoms with E-state index in [2.05, 4.69) is 17.5 Å². The van der Waals surface area contributed by atoms with Gasteiger partial charge in [0.25, 0.3) is 5.91 Å². The minimum absolute atomic E-state index is 0.179. The highest BCUT2D eigenvalue weighted by Crippen LogP contribution is 2.27. The molecule has 0 bridgehead atoms. The second kappa shape index (κ2) is 10.8. The van der Waals surface area contributed by atoms with E-state index in [0.717, 1.165) is 37.0 Å². The number of nitrogens with one attached hydrogen (secondary N) is 1. The van der Waals surface area contributed by atoms with Crippen molar-refractivity contribution in [1.29, 1.82) is 0 Å². The van der Waals surface area contributed by atoms with Crippen LogP contribution in [0.4, 0.5) is 0 Å². The van der Waals surface area contributed by atoms with E-state index in [0.29, 0.717) is 15.8 Å². The molecule has 0 radical (unpaired) electrons. The van der Waals surface area contributed by atoms with Gasteiger partial charge in [0.1, 0.15) is 5.75 Å². The monoisotopic (exact) mass is 392 g/mol. The number of benzene rings is 2. The van der Waals surface area contributed by atoms with Crippen LogP contribution in [0.3, 0.4) is 0 Å². The lowest BCUT2D eigenvalue weighted by Gasteiger charge is -2.09. The summed E-state index contributed by atoms with van der Waals surface area (Å²) in [6.45, 7) is 1.97. The SMILES string of the molecule is CCCCC/C(=N/NC(=O)COc1ccc(Cl)cc1Cl)c1ccccc1. The van der Waals surface area contributed by atoms with E-state index in [1.807, 2.05) is 30.3 Å². The first-order chi connectivity index (χ1) is 12.6. The molecule has 26 heavy (non-hydrogen) atoms. The molecular formula is C20H22Cl2N2O2. The van der Waals surface area contributed by atoms with Gasteiger partial charge in [0, 0.05) is 5.02 Å². The number of hydrogen-bond donors (Lipinski definition) is 1. The van der Waals surface area contributed by atoms with Crippen LogP contribution in [0.2, 0.25) is 10.0 Å². The molecule has 1 amide bonds. The zero-order valence-electron chi connectivity index (χ0n) is 14.7. The van der Waals surface area contributed by atoms with Gasteiger partial charge >= 0.3 is 0 Å². The molecule has 0 aliphatic heterocycles. The number of hydrazone groups is 1. The van der Waals surface area contributed by atoms with Gasteiger partial charge < -0.3 is 4.74 Å². The molecule has 2 rings (SSSR count). The first-order valence-electron chi connectivity index (χ1n) is 8.59. The van der Waals surface area contributed by atoms with Crippen molar-refractivity contribution in [3.8, 4) is 5.75 Å². The Balaban J connectivity index is 1.95. The van der Waals surface area contributed by atoms with Gasteiger partial charge in [-0.05, 0) is 36.6 Å². The van der Waals surface area contributed by atoms with E-state index in [1.165, 1.54) is 0 Å². The fourth-order valence-corrected chi connectivity index (χ4v) is 2.80. The summed E-state index contributed by atoms with van der Waals surface area (Å²) in [4.78, 5) is 12.0. The van der Waals surface area contributed by atoms with Crippen molar-refractivity contribution < 1.29 is 9.53 Å². The van der Waals surface area contributed by atoms with E-state index in [1.54, 1.807) is 18.2 Å². The van der Waals surface area contributed by atoms with E-state index in [4.69, 9.17) is 27.9 Å². The molecule has 0 atom stereocenters. The second-order valence-corrected chi connectivity index (χ2v) is 6.62. The molecule has 6 heteroatoms. The highest BCUT2D eigenvalue weighted by atomic mass is 35.5. The smallest absolute Gasteiger partial charge is 0.277 e. The number of carbonyl (C=O) groups is 1. The second-order valence-electron chi connectivity index (χ2n) is 5.78. The Hall–Kier alpha value is -2.04. The van der Waals surface area contributed by atoms with Crippen molar-refractivity contribution in [2.45, 2.75) is 32.6 Å². The molecule has 4 nitrogen and oxygen atoms in total. The number of amides is 1. The molecule has 0 saturated heterocycles. The lowest BCUT2D eigenvalue weighted by molar-refractivity contribution is -0.123. The number of halogens is 2. The van der Waals surface area contributed by atoms with Gasteiger partial charge in [0.05, 0.1) is 10.7 Å². The molecule has 0 aliphatic carbocycles. The summed E-state index contributed by atoms with van der Waals surface area (Å²) in [6, 6.07) is 14.7. The van der Waals surface area contributed by atoms with Crippen LogP contribution in [0.25, 0.3) is 0 Å². The zero-order chi connectivity index (χ0) is 18.8. The van der Waals surface area contributed by atoms with Gasteiger partial charge in [0.2, 0.25) is 0 Å². The lowest BCUT2D eigenvalue weighted by atomic mass is 10.0. The van der Waals surface area contributed by atoms with Crippen LogP contribution in [-0.2, 0) is 4.79 Å². The molecular weight excluding hydrogens is 371 g/mol. The third kappa shape index (κ3) is 6.70. The lowest BCUT2D eigenvalue weighted by Crippen LogP contribution is -2.26. The van der Waals surface area contributed by atoms with Gasteiger partial charge in [-0.25, -0.2) is 5.43 Å². The van der Waals surface area contributed by atoms with Gasteiger partial charge in [-0.1, -0.05) is 73.3 Å². The first kappa shape index (κ1) is 20.3. The summed E-state index contributed by atoms with van der Waals surface area (Å²) >= 11 is 11.9. The molecule has 1 N–H and O–H groups in total. The van der Waals surface area contributed by atoms with Crippen LogP contribution < -0.4 is 10.2 Å². The Morgan fingerprint density at radius 3 is 2.58 bits per heavy atom. The number of carbonyl (C=O) groups excluding carboxylic acids is 1. The summed E-state index contributed by atoms with van der Waals surface area (Å²) in [7, 11) is 0. The largest absolute Gasteiger partial charge is 0.482 e. The molecule has 0 saturated carbocycles. The van der Waals surface area contributed by atoms with Gasteiger partial charge in [-0.3, -0.25) is 4.79 Å². The third-order valence-electron chi connectivity index (χ3n) is 3.69. The van der Waals surface area contributed by atoms with Gasteiger partial charge in [-0.2, -0.15) is 5.10 Å². The number of rotatable bonds is 9. The Morgan fingerprint density at radius 1 is 1.12 bits per heavy atom. The summed E-state index contributed by atoms with van der Waals surface area (Å²) in [5, 5.41) is 5.17. The molecule has 2 aromatic rings. The van der Waals surface area contributed by atoms with Crippen molar-refractivity contribution in [2.24, 2.45) is 5.10 Å². The van der Waals surface area contributed by atoms with Crippen molar-refractivity contribution in [2.75, 3.05) is 6.61 Å². The molecule has 0 fully saturated rings. The van der Waals surface area contributed by atoms with Crippen LogP contribution in [0.15, 0.2) is 53.6 Å². The predicted octanol–water partition coefficient (Wildman–Crippen LogP) is 5.47. The van der Waals surface area contributed by atoms with E-state index in [9.17, 15) is 4.79 Å². The fourth-order valence-electron chi connectivity index (χ4n) is 2.34. The van der Waals surface area contributed by atoms with Crippen molar-refractivity contribution in [3.05, 3.63) is 64.1 Å². The molecule has 2 aromatic carbocycles. The Bertz CT molecular complexity index is 749. The predicted molar refractivity (Wildman–Crippen MR) is 107 cm³/mol. The summed E-state index contributed by atoms with van der Waals surface area (Å²) in [5.74, 6) is 0.0568. The number of nitrogens with zero attached hydrogens (tertiary/aromatic N) is 1. The quantitative estimate of drug-likeness (QED) is 0.349. The maximum atomic E-state index is 12.0. The van der Waals surface area contributed by atoms with Crippen molar-refractivity contribution >= 4 is 34.8 Å². The average Bonchev–Trinajstić information content (AvgIpc) is 2.64. The number of ether oxygens (including phenoxy) is 1. The van der Waals surface area contributed by atoms with E-state index < -0.39 is 0 Å². The van der Waals surface area contributed by atoms with Crippen LogP contribution >= 0.6 is 23.2 Å². The minimum Gasteiger partial charge on any atom is -0.482 e. The van der Waals surface area contributed by atoms with Gasteiger partial charge in [0.15, 0.2) is 6.61 Å². The molecule has 0 unspecified atom stereocenters. The topological polar surface area (TPSA) is 50.7 Å². The van der Waals surface area contributed by atoms with E-state index in [-0.39, 0.29) is 12.5 Å². The average molecular weight is 393 g/mol. The molecule has 0 heterocycles. The number of hydrogen-bond acceptors (Lipinski definition) is 3. The molecule has 138 valence electrons. The first-order valence-corrected chi connectivity index (χ1v) is 9.34. The normalized spacial score (nSPS) is 11.3. The Kier molecular flexibility index (Phi) is 8.45. The maximum Gasteiger partial charge on any atom is 0.277 e. The van der Waals surface area contributed by atoms with Crippen LogP contribution in [0.5, 0.6) is 5.75 Å². The number of unbranched alkanes of at least 4 members (excludes halogenated alkanes) is 2. The summed E-state index contributed by atoms with van der Waals surface area (Å²) in [6.07, 6.45) is 4.08. The Labute approximate surface area is 164 Å². The van der Waals surface area contributed by atoms with Crippen molar-refractivity contribution in [3.63, 3.8) is 0 Å². The van der Waals surface area contributed by atoms with E-state index >= 15 is 0 Å². The fraction of sp³-hybridized carbons (Fsp3) is 0.300. The van der Waals surface area contributed by atoms with Crippen molar-refractivity contribution in [1.82, 2.24) is 5.43 Å². The Morgan fingerprint density at radius 2 is 1.88 bits per heavy atom. The molecule has 0 aromatic heterocycles. The summed E-state index contributed by atoms with van der Waals surface area (Å²) < 4.78 is 5.42. The zero-order valence-corrected chi connectivity index (χ0v) is 16.2. The maximum absolute atomic E-state index is 12.0. The summed E-state index contributed by atoms with van der Waals surface area (Å²) in [5.41, 5.74) is 4.43. The minimum atomic E-state index is -0.347. The molecule has 0 spiro atoms. The van der Waals surface area contributed by atoms with Crippen LogP contribution in [0, 0.1) is 0 Å². The highest BCUT2D eigenvalue weighted by molar-refractivity contribution is 6.35. The van der Waals surface area contributed by atoms with Crippen LogP contribution in [-0.4, -0.2) is 18.2 Å². The molecule has 0 aliphatic rings. The third-order valence-corrected chi connectivity index (χ3v) is 4.22.